The zero-order valence-corrected chi connectivity index (χ0v) is 42.2. The molecule has 0 radical (unpaired) electrons. The molecule has 394 valence electrons. The first-order valence-electron chi connectivity index (χ1n) is 26.5. The molecule has 16 atom stereocenters. The lowest BCUT2D eigenvalue weighted by molar-refractivity contribution is -0.576. The number of carbonyl (C=O) groups excluding carboxylic acids is 1. The van der Waals surface area contributed by atoms with E-state index in [1.54, 1.807) is 26.0 Å². The van der Waals surface area contributed by atoms with E-state index < -0.39 is 59.7 Å². The van der Waals surface area contributed by atoms with Crippen LogP contribution >= 0.6 is 0 Å². The van der Waals surface area contributed by atoms with Crippen molar-refractivity contribution in [1.29, 1.82) is 0 Å². The second-order valence-electron chi connectivity index (χ2n) is 22.8. The highest BCUT2D eigenvalue weighted by Crippen LogP contribution is 2.62. The van der Waals surface area contributed by atoms with E-state index in [0.29, 0.717) is 36.3 Å². The molecule has 17 heteroatoms. The van der Waals surface area contributed by atoms with E-state index in [9.17, 15) is 18.0 Å². The minimum Gasteiger partial charge on any atom is -0.508 e. The number of halogens is 3. The lowest BCUT2D eigenvalue weighted by atomic mass is 9.58. The molecule has 10 heterocycles. The molecule has 12 aliphatic rings. The van der Waals surface area contributed by atoms with Crippen LogP contribution in [-0.4, -0.2) is 101 Å². The molecule has 12 fully saturated rings. The Hall–Kier alpha value is -3.10. The van der Waals surface area contributed by atoms with Crippen molar-refractivity contribution >= 4 is 5.97 Å². The molecule has 2 aliphatic carbocycles. The number of hydrogen-bond donors (Lipinski definition) is 1. The van der Waals surface area contributed by atoms with Crippen LogP contribution in [0.1, 0.15) is 130 Å². The van der Waals surface area contributed by atoms with Gasteiger partial charge >= 0.3 is 12.1 Å². The number of likely N-dealkylation sites (tertiary alicyclic amines) is 2. The number of nitrogens with zero attached hydrogens (tertiary/aromatic N) is 2. The minimum atomic E-state index is -5.07. The summed E-state index contributed by atoms with van der Waals surface area (Å²) in [6.45, 7) is 19.0. The number of ether oxygens (including phenoxy) is 6. The monoisotopic (exact) mass is 1000 g/mol. The molecular formula is C54H75F3N2O12. The number of phenols is 1. The van der Waals surface area contributed by atoms with Crippen LogP contribution < -0.4 is 4.74 Å². The molecule has 14 nitrogen and oxygen atoms in total. The Kier molecular flexibility index (Phi) is 14.6. The van der Waals surface area contributed by atoms with Crippen molar-refractivity contribution in [2.24, 2.45) is 47.3 Å². The first-order valence-corrected chi connectivity index (χ1v) is 26.5. The van der Waals surface area contributed by atoms with E-state index in [4.69, 9.17) is 48.3 Å². The topological polar surface area (TPSA) is 136 Å². The van der Waals surface area contributed by atoms with E-state index in [0.717, 1.165) is 50.9 Å². The van der Waals surface area contributed by atoms with Crippen molar-refractivity contribution in [2.75, 3.05) is 26.2 Å². The number of esters is 1. The van der Waals surface area contributed by atoms with Crippen molar-refractivity contribution in [3.05, 3.63) is 59.7 Å². The van der Waals surface area contributed by atoms with Gasteiger partial charge in [0.1, 0.15) is 11.5 Å². The molecular weight excluding hydrogens is 926 g/mol. The second-order valence-corrected chi connectivity index (χ2v) is 22.8. The van der Waals surface area contributed by atoms with Gasteiger partial charge in [-0.3, -0.25) is 9.80 Å². The van der Waals surface area contributed by atoms with Gasteiger partial charge in [-0.2, -0.15) is 13.2 Å². The van der Waals surface area contributed by atoms with Crippen LogP contribution in [0.3, 0.4) is 0 Å². The SMILES string of the molecule is C[C@@H]1CC[C@H]2[C@@H](C)C(OC(=O)C(F)(F)F)O[C@@H]3O[C@]4(C)CC[C@@H]1[C@]32OO4.C[C@H]1[C@@H](Oc2ccc(CN3CCCC3)cc2)O[C@@H]2O[C@]3(C)CC[C@H]4[C@H](C)CC[C@@H]1[C@@]24OO3.Oc1ccc(CN2CCCC2)cc1. The van der Waals surface area contributed by atoms with Gasteiger partial charge in [-0.1, -0.05) is 52.0 Å². The van der Waals surface area contributed by atoms with Crippen molar-refractivity contribution in [3.63, 3.8) is 0 Å². The number of benzene rings is 2. The van der Waals surface area contributed by atoms with Gasteiger partial charge in [-0.15, -0.1) is 0 Å². The Morgan fingerprint density at radius 2 is 1.06 bits per heavy atom. The summed E-state index contributed by atoms with van der Waals surface area (Å²) in [7, 11) is 0. The smallest absolute Gasteiger partial charge is 0.491 e. The summed E-state index contributed by atoms with van der Waals surface area (Å²) in [4.78, 5) is 39.9. The number of hydrogen-bond acceptors (Lipinski definition) is 14. The molecule has 10 saturated heterocycles. The van der Waals surface area contributed by atoms with Gasteiger partial charge in [-0.25, -0.2) is 24.3 Å². The van der Waals surface area contributed by atoms with Crippen molar-refractivity contribution in [2.45, 2.75) is 186 Å². The number of fused-ring (bicyclic) bond motifs is 4. The third-order valence-electron chi connectivity index (χ3n) is 18.0. The van der Waals surface area contributed by atoms with Crippen LogP contribution in [0, 0.1) is 47.3 Å². The number of carbonyl (C=O) groups is 1. The maximum Gasteiger partial charge on any atom is 0.491 e. The van der Waals surface area contributed by atoms with Crippen LogP contribution in [-0.2, 0) is 61.1 Å². The number of rotatable bonds is 7. The van der Waals surface area contributed by atoms with E-state index in [-0.39, 0.29) is 30.0 Å². The molecule has 2 saturated carbocycles. The zero-order valence-electron chi connectivity index (χ0n) is 42.2. The predicted molar refractivity (Wildman–Crippen MR) is 250 cm³/mol. The summed E-state index contributed by atoms with van der Waals surface area (Å²) < 4.78 is 73.7. The highest BCUT2D eigenvalue weighted by molar-refractivity contribution is 5.75. The molecule has 2 aromatic carbocycles. The summed E-state index contributed by atoms with van der Waals surface area (Å²) in [5, 5.41) is 9.10. The van der Waals surface area contributed by atoms with E-state index in [2.05, 4.69) is 59.6 Å². The standard InChI is InChI=1S/C26H37NO5.C17H23F3O6.C11H15NO/c1-17-6-11-22-18(2)23(28-20-9-7-19(8-10-20)16-27-14-4-5-15-27)29-24-26(22)21(17)12-13-25(3,30-24)31-32-26;1-8-4-5-11-9(2)12(22-13(21)17(18,19)20)23-14-16(11)10(8)6-7-15(3,24-14)25-26-16;13-11-5-3-10(4-6-11)9-12-7-1-2-8-12/h7-10,17-18,21-24H,4-6,11-16H2,1-3H3;8-12,14H,4-7H2,1-3H3;3-6,13H,1-2,7-9H2/t17-,18-,21+,22+,23+,24-,25+,26-;8-,9-,10+,11+,12?,14-,15+,16-;/m11./s1. The molecule has 0 aromatic heterocycles. The lowest BCUT2D eigenvalue weighted by Crippen LogP contribution is -2.70. The number of phenolic OH excluding ortho intramolecular Hbond substituents is 1. The molecule has 2 aromatic rings. The van der Waals surface area contributed by atoms with Crippen LogP contribution in [0.5, 0.6) is 11.5 Å². The first kappa shape index (κ1) is 51.4. The van der Waals surface area contributed by atoms with Crippen molar-refractivity contribution in [1.82, 2.24) is 9.80 Å². The van der Waals surface area contributed by atoms with Gasteiger partial charge in [0, 0.05) is 49.6 Å². The third-order valence-corrected chi connectivity index (χ3v) is 18.0. The van der Waals surface area contributed by atoms with Crippen molar-refractivity contribution in [3.8, 4) is 11.5 Å². The molecule has 14 rings (SSSR count). The van der Waals surface area contributed by atoms with Gasteiger partial charge in [0.25, 0.3) is 0 Å². The molecule has 0 amide bonds. The molecule has 2 spiro atoms. The molecule has 71 heavy (non-hydrogen) atoms. The van der Waals surface area contributed by atoms with Crippen LogP contribution in [0.25, 0.3) is 0 Å². The van der Waals surface area contributed by atoms with Gasteiger partial charge in [-0.05, 0) is 163 Å². The molecule has 1 N–H and O–H groups in total. The first-order chi connectivity index (χ1) is 33.9. The van der Waals surface area contributed by atoms with Crippen molar-refractivity contribution < 1.29 is 71.0 Å². The highest BCUT2D eigenvalue weighted by Gasteiger charge is 2.71. The van der Waals surface area contributed by atoms with Gasteiger partial charge < -0.3 is 33.5 Å². The molecule has 1 unspecified atom stereocenters. The van der Waals surface area contributed by atoms with Gasteiger partial charge in [0.05, 0.1) is 0 Å². The quantitative estimate of drug-likeness (QED) is 0.208. The summed E-state index contributed by atoms with van der Waals surface area (Å²) in [5.41, 5.74) is 1.20. The fraction of sp³-hybridized carbons (Fsp3) is 0.759. The fourth-order valence-electron chi connectivity index (χ4n) is 14.0. The maximum absolute atomic E-state index is 12.6. The summed E-state index contributed by atoms with van der Waals surface area (Å²) >= 11 is 0. The maximum atomic E-state index is 12.6. The number of alkyl halides is 3. The van der Waals surface area contributed by atoms with Crippen LogP contribution in [0.2, 0.25) is 0 Å². The Morgan fingerprint density at radius 1 is 0.620 bits per heavy atom. The minimum absolute atomic E-state index is 0.0947. The van der Waals surface area contributed by atoms with Gasteiger partial charge in [0.2, 0.25) is 24.2 Å². The Bertz CT molecular complexity index is 2140. The normalized spacial score (nSPS) is 42.5. The zero-order chi connectivity index (χ0) is 49.9. The average Bonchev–Trinajstić information content (AvgIpc) is 3.95. The molecule has 4 bridgehead atoms. The van der Waals surface area contributed by atoms with E-state index in [1.165, 1.54) is 69.4 Å². The average molecular weight is 1000 g/mol. The fourth-order valence-corrected chi connectivity index (χ4v) is 14.0. The lowest BCUT2D eigenvalue weighted by Gasteiger charge is -2.60. The van der Waals surface area contributed by atoms with E-state index >= 15 is 0 Å². The third kappa shape index (κ3) is 10.1. The second kappa shape index (κ2) is 20.2. The summed E-state index contributed by atoms with van der Waals surface area (Å²) in [5.74, 6) is -1.67. The Balaban J connectivity index is 0.000000133. The largest absolute Gasteiger partial charge is 0.508 e. The van der Waals surface area contributed by atoms with E-state index in [1.807, 2.05) is 19.1 Å². The van der Waals surface area contributed by atoms with Gasteiger partial charge in [0.15, 0.2) is 23.8 Å². The molecule has 10 aliphatic heterocycles. The number of aromatic hydroxyl groups is 1. The van der Waals surface area contributed by atoms with Crippen LogP contribution in [0.15, 0.2) is 48.5 Å². The Labute approximate surface area is 416 Å². The summed E-state index contributed by atoms with van der Waals surface area (Å²) in [6, 6.07) is 16.0. The van der Waals surface area contributed by atoms with Crippen LogP contribution in [0.4, 0.5) is 13.2 Å². The summed E-state index contributed by atoms with van der Waals surface area (Å²) in [6.07, 6.45) is 4.30. The predicted octanol–water partition coefficient (Wildman–Crippen LogP) is 10.2. The Morgan fingerprint density at radius 3 is 1.52 bits per heavy atom. The highest BCUT2D eigenvalue weighted by atomic mass is 19.4.